The van der Waals surface area contributed by atoms with Crippen LogP contribution in [0, 0.1) is 20.8 Å². The number of carbonyl (C=O) groups excluding carboxylic acids is 2. The van der Waals surface area contributed by atoms with Crippen LogP contribution in [0.25, 0.3) is 5.69 Å². The van der Waals surface area contributed by atoms with Gasteiger partial charge in [0.2, 0.25) is 5.78 Å². The van der Waals surface area contributed by atoms with Crippen molar-refractivity contribution in [3.63, 3.8) is 0 Å². The van der Waals surface area contributed by atoms with Crippen molar-refractivity contribution in [3.8, 4) is 11.4 Å². The number of aromatic nitrogens is 2. The lowest BCUT2D eigenvalue weighted by atomic mass is 10.1. The van der Waals surface area contributed by atoms with E-state index in [0.29, 0.717) is 5.56 Å². The highest BCUT2D eigenvalue weighted by Gasteiger charge is 2.18. The predicted molar refractivity (Wildman–Crippen MR) is 115 cm³/mol. The van der Waals surface area contributed by atoms with E-state index in [2.05, 4.69) is 0 Å². The van der Waals surface area contributed by atoms with Crippen LogP contribution in [0.5, 0.6) is 5.75 Å². The number of rotatable bonds is 8. The molecular formula is C22H24N2O5S. The average molecular weight is 429 g/mol. The fourth-order valence-electron chi connectivity index (χ4n) is 3.35. The van der Waals surface area contributed by atoms with Crippen LogP contribution in [0.15, 0.2) is 40.5 Å². The van der Waals surface area contributed by atoms with Gasteiger partial charge in [0.25, 0.3) is 0 Å². The van der Waals surface area contributed by atoms with E-state index in [-0.39, 0.29) is 30.2 Å². The second-order valence-corrected chi connectivity index (χ2v) is 7.77. The summed E-state index contributed by atoms with van der Waals surface area (Å²) in [4.78, 5) is 36.3. The van der Waals surface area contributed by atoms with Gasteiger partial charge in [-0.2, -0.15) is 0 Å². The first-order chi connectivity index (χ1) is 14.3. The first-order valence-corrected chi connectivity index (χ1v) is 10.4. The van der Waals surface area contributed by atoms with Gasteiger partial charge in [0.1, 0.15) is 5.75 Å². The molecule has 2 heterocycles. The standard InChI is InChI=1S/C22H24N2O5S/c1-14-11-19(16(3)24(14)17-5-7-18(28-4)8-6-17)20(25)12-29-21(26)9-10-23-15(2)13-30-22(23)27/h5-8,11,13H,9-10,12H2,1-4H3. The zero-order valence-electron chi connectivity index (χ0n) is 17.4. The summed E-state index contributed by atoms with van der Waals surface area (Å²) in [5.74, 6) is -0.0192. The van der Waals surface area contributed by atoms with E-state index in [9.17, 15) is 14.4 Å². The first-order valence-electron chi connectivity index (χ1n) is 9.49. The van der Waals surface area contributed by atoms with Crippen LogP contribution in [-0.4, -0.2) is 34.6 Å². The van der Waals surface area contributed by atoms with Gasteiger partial charge in [-0.15, -0.1) is 0 Å². The van der Waals surface area contributed by atoms with Crippen molar-refractivity contribution in [1.29, 1.82) is 0 Å². The molecule has 0 amide bonds. The molecule has 0 aliphatic heterocycles. The summed E-state index contributed by atoms with van der Waals surface area (Å²) >= 11 is 1.10. The quantitative estimate of drug-likeness (QED) is 0.406. The number of hydrogen-bond acceptors (Lipinski definition) is 6. The molecule has 158 valence electrons. The van der Waals surface area contributed by atoms with E-state index in [4.69, 9.17) is 9.47 Å². The maximum atomic E-state index is 12.6. The van der Waals surface area contributed by atoms with Crippen molar-refractivity contribution in [1.82, 2.24) is 9.13 Å². The molecular weight excluding hydrogens is 404 g/mol. The minimum Gasteiger partial charge on any atom is -0.497 e. The molecule has 0 bridgehead atoms. The molecule has 3 rings (SSSR count). The summed E-state index contributed by atoms with van der Waals surface area (Å²) in [6.07, 6.45) is 0.0373. The zero-order chi connectivity index (χ0) is 21.8. The smallest absolute Gasteiger partial charge is 0.308 e. The number of methoxy groups -OCH3 is 1. The Hall–Kier alpha value is -3.13. The van der Waals surface area contributed by atoms with E-state index < -0.39 is 5.97 Å². The van der Waals surface area contributed by atoms with Crippen LogP contribution in [0.2, 0.25) is 0 Å². The Morgan fingerprint density at radius 1 is 1.07 bits per heavy atom. The Kier molecular flexibility index (Phi) is 6.56. The minimum absolute atomic E-state index is 0.0373. The highest BCUT2D eigenvalue weighted by molar-refractivity contribution is 7.07. The van der Waals surface area contributed by atoms with Gasteiger partial charge < -0.3 is 18.6 Å². The fraction of sp³-hybridized carbons (Fsp3) is 0.318. The van der Waals surface area contributed by atoms with Crippen LogP contribution >= 0.6 is 11.3 Å². The lowest BCUT2D eigenvalue weighted by molar-refractivity contribution is -0.142. The third kappa shape index (κ3) is 4.54. The molecule has 0 saturated carbocycles. The number of thiazole rings is 1. The number of Topliss-reactive ketones (excluding diaryl/α,β-unsaturated/α-hetero) is 1. The summed E-state index contributed by atoms with van der Waals surface area (Å²) in [5.41, 5.74) is 3.91. The molecule has 0 unspecified atom stereocenters. The van der Waals surface area contributed by atoms with Gasteiger partial charge in [0, 0.05) is 40.3 Å². The van der Waals surface area contributed by atoms with Gasteiger partial charge in [-0.3, -0.25) is 14.4 Å². The van der Waals surface area contributed by atoms with Crippen LogP contribution in [-0.2, 0) is 16.1 Å². The molecule has 0 aliphatic rings. The SMILES string of the molecule is COc1ccc(-n2c(C)cc(C(=O)COC(=O)CCn3c(C)csc3=O)c2C)cc1. The summed E-state index contributed by atoms with van der Waals surface area (Å²) in [6.45, 7) is 5.50. The molecule has 3 aromatic rings. The molecule has 0 spiro atoms. The lowest BCUT2D eigenvalue weighted by Crippen LogP contribution is -2.20. The number of carbonyl (C=O) groups is 2. The second-order valence-electron chi connectivity index (χ2n) is 6.95. The maximum Gasteiger partial charge on any atom is 0.308 e. The van der Waals surface area contributed by atoms with Gasteiger partial charge in [-0.05, 0) is 51.1 Å². The maximum absolute atomic E-state index is 12.6. The van der Waals surface area contributed by atoms with Crippen molar-refractivity contribution in [2.75, 3.05) is 13.7 Å². The summed E-state index contributed by atoms with van der Waals surface area (Å²) in [5, 5.41) is 1.75. The third-order valence-corrected chi connectivity index (χ3v) is 5.82. The van der Waals surface area contributed by atoms with Crippen molar-refractivity contribution in [3.05, 3.63) is 68.0 Å². The highest BCUT2D eigenvalue weighted by Crippen LogP contribution is 2.23. The number of aryl methyl sites for hydroxylation is 2. The van der Waals surface area contributed by atoms with E-state index >= 15 is 0 Å². The largest absolute Gasteiger partial charge is 0.497 e. The molecule has 0 atom stereocenters. The second kappa shape index (κ2) is 9.13. The van der Waals surface area contributed by atoms with Crippen molar-refractivity contribution < 1.29 is 19.1 Å². The van der Waals surface area contributed by atoms with Crippen LogP contribution in [0.4, 0.5) is 0 Å². The van der Waals surface area contributed by atoms with Crippen molar-refractivity contribution in [2.45, 2.75) is 33.7 Å². The molecule has 30 heavy (non-hydrogen) atoms. The molecule has 0 radical (unpaired) electrons. The number of hydrogen-bond donors (Lipinski definition) is 0. The Labute approximate surface area is 178 Å². The average Bonchev–Trinajstić information content (AvgIpc) is 3.22. The Bertz CT molecular complexity index is 1120. The third-order valence-electron chi connectivity index (χ3n) is 4.94. The van der Waals surface area contributed by atoms with Crippen LogP contribution in [0.1, 0.15) is 33.9 Å². The number of ether oxygens (including phenoxy) is 2. The highest BCUT2D eigenvalue weighted by atomic mass is 32.1. The molecule has 2 aromatic heterocycles. The molecule has 8 heteroatoms. The molecule has 0 N–H and O–H groups in total. The van der Waals surface area contributed by atoms with Gasteiger partial charge in [-0.1, -0.05) is 11.3 Å². The topological polar surface area (TPSA) is 79.5 Å². The first kappa shape index (κ1) is 21.6. The van der Waals surface area contributed by atoms with E-state index in [1.54, 1.807) is 18.6 Å². The molecule has 0 aliphatic carbocycles. The number of benzene rings is 1. The van der Waals surface area contributed by atoms with E-state index in [1.165, 1.54) is 4.57 Å². The van der Waals surface area contributed by atoms with Crippen LogP contribution < -0.4 is 9.61 Å². The summed E-state index contributed by atoms with van der Waals surface area (Å²) in [7, 11) is 1.61. The lowest BCUT2D eigenvalue weighted by Gasteiger charge is -2.11. The van der Waals surface area contributed by atoms with Crippen molar-refractivity contribution >= 4 is 23.1 Å². The van der Waals surface area contributed by atoms with Crippen LogP contribution in [0.3, 0.4) is 0 Å². The Morgan fingerprint density at radius 2 is 1.77 bits per heavy atom. The zero-order valence-corrected chi connectivity index (χ0v) is 18.2. The number of esters is 1. The fourth-order valence-corrected chi connectivity index (χ4v) is 4.11. The summed E-state index contributed by atoms with van der Waals surface area (Å²) < 4.78 is 13.8. The Balaban J connectivity index is 1.64. The number of ketones is 1. The minimum atomic E-state index is -0.509. The number of nitrogens with zero attached hydrogens (tertiary/aromatic N) is 2. The molecule has 0 fully saturated rings. The van der Waals surface area contributed by atoms with Gasteiger partial charge in [0.05, 0.1) is 13.5 Å². The van der Waals surface area contributed by atoms with Gasteiger partial charge >= 0.3 is 10.8 Å². The molecule has 0 saturated heterocycles. The molecule has 7 nitrogen and oxygen atoms in total. The van der Waals surface area contributed by atoms with Crippen molar-refractivity contribution in [2.24, 2.45) is 0 Å². The predicted octanol–water partition coefficient (Wildman–Crippen LogP) is 3.45. The summed E-state index contributed by atoms with van der Waals surface area (Å²) in [6, 6.07) is 9.35. The van der Waals surface area contributed by atoms with Gasteiger partial charge in [0.15, 0.2) is 6.61 Å². The van der Waals surface area contributed by atoms with Gasteiger partial charge in [-0.25, -0.2) is 0 Å². The normalized spacial score (nSPS) is 10.8. The monoisotopic (exact) mass is 428 g/mol. The van der Waals surface area contributed by atoms with E-state index in [0.717, 1.165) is 39.9 Å². The Morgan fingerprint density at radius 3 is 2.37 bits per heavy atom. The molecule has 1 aromatic carbocycles. The van der Waals surface area contributed by atoms with E-state index in [1.807, 2.05) is 49.6 Å².